The van der Waals surface area contributed by atoms with Gasteiger partial charge in [0.1, 0.15) is 0 Å². The molecule has 70 valence electrons. The molecule has 0 aromatic rings. The van der Waals surface area contributed by atoms with E-state index in [0.29, 0.717) is 13.0 Å². The lowest BCUT2D eigenvalue weighted by molar-refractivity contribution is -0.0965. The molecule has 1 aliphatic rings. The molecule has 1 rings (SSSR count). The first kappa shape index (κ1) is 9.49. The Morgan fingerprint density at radius 1 is 1.58 bits per heavy atom. The SMILES string of the molecule is C=C(C)N1CCC(C)C(F)(F)C1. The molecule has 1 saturated heterocycles. The third-order valence-corrected chi connectivity index (χ3v) is 2.49. The molecule has 1 fully saturated rings. The summed E-state index contributed by atoms with van der Waals surface area (Å²) in [5.41, 5.74) is 0.738. The van der Waals surface area contributed by atoms with Crippen molar-refractivity contribution in [2.45, 2.75) is 26.2 Å². The van der Waals surface area contributed by atoms with Crippen LogP contribution in [0.3, 0.4) is 0 Å². The summed E-state index contributed by atoms with van der Waals surface area (Å²) in [6.45, 7) is 7.59. The number of hydrogen-bond donors (Lipinski definition) is 0. The zero-order valence-electron chi connectivity index (χ0n) is 7.61. The molecule has 0 saturated carbocycles. The molecule has 0 amide bonds. The van der Waals surface area contributed by atoms with Crippen LogP contribution < -0.4 is 0 Å². The van der Waals surface area contributed by atoms with E-state index >= 15 is 0 Å². The number of likely N-dealkylation sites (tertiary alicyclic amines) is 1. The maximum absolute atomic E-state index is 13.1. The fraction of sp³-hybridized carbons (Fsp3) is 0.778. The van der Waals surface area contributed by atoms with Crippen molar-refractivity contribution >= 4 is 0 Å². The zero-order valence-corrected chi connectivity index (χ0v) is 7.61. The van der Waals surface area contributed by atoms with Gasteiger partial charge in [0.05, 0.1) is 6.54 Å². The highest BCUT2D eigenvalue weighted by Gasteiger charge is 2.41. The molecule has 0 radical (unpaired) electrons. The lowest BCUT2D eigenvalue weighted by atomic mass is 9.95. The number of piperidine rings is 1. The molecule has 1 atom stereocenters. The normalized spacial score (nSPS) is 28.7. The Kier molecular flexibility index (Phi) is 2.40. The molecule has 0 aromatic heterocycles. The first-order valence-electron chi connectivity index (χ1n) is 4.22. The molecule has 3 heteroatoms. The lowest BCUT2D eigenvalue weighted by Crippen LogP contribution is -2.46. The number of hydrogen-bond acceptors (Lipinski definition) is 1. The maximum Gasteiger partial charge on any atom is 0.267 e. The van der Waals surface area contributed by atoms with Crippen LogP contribution in [-0.2, 0) is 0 Å². The summed E-state index contributed by atoms with van der Waals surface area (Å²) in [5.74, 6) is -3.04. The molecule has 0 spiro atoms. The molecule has 1 heterocycles. The van der Waals surface area contributed by atoms with Crippen molar-refractivity contribution < 1.29 is 8.78 Å². The van der Waals surface area contributed by atoms with Crippen molar-refractivity contribution in [2.75, 3.05) is 13.1 Å². The van der Waals surface area contributed by atoms with E-state index in [1.165, 1.54) is 0 Å². The minimum atomic E-state index is -2.54. The summed E-state index contributed by atoms with van der Waals surface area (Å²) >= 11 is 0. The largest absolute Gasteiger partial charge is 0.369 e. The van der Waals surface area contributed by atoms with Crippen molar-refractivity contribution in [3.05, 3.63) is 12.3 Å². The van der Waals surface area contributed by atoms with Gasteiger partial charge < -0.3 is 4.90 Å². The summed E-state index contributed by atoms with van der Waals surface area (Å²) in [7, 11) is 0. The van der Waals surface area contributed by atoms with Gasteiger partial charge in [-0.05, 0) is 13.3 Å². The predicted molar refractivity (Wildman–Crippen MR) is 45.1 cm³/mol. The van der Waals surface area contributed by atoms with E-state index in [-0.39, 0.29) is 6.54 Å². The third-order valence-electron chi connectivity index (χ3n) is 2.49. The van der Waals surface area contributed by atoms with Gasteiger partial charge in [-0.3, -0.25) is 0 Å². The van der Waals surface area contributed by atoms with E-state index in [0.717, 1.165) is 5.70 Å². The van der Waals surface area contributed by atoms with Crippen molar-refractivity contribution in [3.63, 3.8) is 0 Å². The Balaban J connectivity index is 2.63. The molecule has 1 unspecified atom stereocenters. The molecule has 0 aromatic carbocycles. The quantitative estimate of drug-likeness (QED) is 0.592. The predicted octanol–water partition coefficient (Wildman–Crippen LogP) is 2.50. The second-order valence-electron chi connectivity index (χ2n) is 3.61. The molecule has 0 N–H and O–H groups in total. The van der Waals surface area contributed by atoms with Crippen molar-refractivity contribution in [1.29, 1.82) is 0 Å². The van der Waals surface area contributed by atoms with Gasteiger partial charge in [-0.25, -0.2) is 8.78 Å². The lowest BCUT2D eigenvalue weighted by Gasteiger charge is -2.38. The van der Waals surface area contributed by atoms with E-state index in [9.17, 15) is 8.78 Å². The van der Waals surface area contributed by atoms with E-state index in [1.807, 2.05) is 0 Å². The van der Waals surface area contributed by atoms with Gasteiger partial charge in [0.15, 0.2) is 0 Å². The molecule has 0 aliphatic carbocycles. The van der Waals surface area contributed by atoms with Crippen LogP contribution in [0.5, 0.6) is 0 Å². The highest BCUT2D eigenvalue weighted by Crippen LogP contribution is 2.33. The van der Waals surface area contributed by atoms with Crippen molar-refractivity contribution in [3.8, 4) is 0 Å². The monoisotopic (exact) mass is 175 g/mol. The van der Waals surface area contributed by atoms with E-state index < -0.39 is 11.8 Å². The van der Waals surface area contributed by atoms with Crippen LogP contribution in [0.2, 0.25) is 0 Å². The van der Waals surface area contributed by atoms with Crippen LogP contribution in [0.4, 0.5) is 8.78 Å². The van der Waals surface area contributed by atoms with Gasteiger partial charge in [-0.2, -0.15) is 0 Å². The van der Waals surface area contributed by atoms with Crippen molar-refractivity contribution in [2.24, 2.45) is 5.92 Å². The van der Waals surface area contributed by atoms with E-state index in [4.69, 9.17) is 0 Å². The standard InChI is InChI=1S/C9H15F2N/c1-7(2)12-5-4-8(3)9(10,11)6-12/h8H,1,4-6H2,2-3H3. The third kappa shape index (κ3) is 1.76. The van der Waals surface area contributed by atoms with Crippen LogP contribution >= 0.6 is 0 Å². The number of nitrogens with zero attached hydrogens (tertiary/aromatic N) is 1. The van der Waals surface area contributed by atoms with Crippen LogP contribution in [0, 0.1) is 5.92 Å². The fourth-order valence-electron chi connectivity index (χ4n) is 1.38. The number of alkyl halides is 2. The molecular weight excluding hydrogens is 160 g/mol. The molecule has 12 heavy (non-hydrogen) atoms. The molecule has 0 bridgehead atoms. The Morgan fingerprint density at radius 3 is 2.58 bits per heavy atom. The summed E-state index contributed by atoms with van der Waals surface area (Å²) in [6.07, 6.45) is 0.555. The molecular formula is C9H15F2N. The van der Waals surface area contributed by atoms with Gasteiger partial charge in [0.2, 0.25) is 0 Å². The first-order valence-corrected chi connectivity index (χ1v) is 4.22. The van der Waals surface area contributed by atoms with Crippen molar-refractivity contribution in [1.82, 2.24) is 4.90 Å². The average Bonchev–Trinajstić information content (AvgIpc) is 1.94. The van der Waals surface area contributed by atoms with Gasteiger partial charge in [-0.15, -0.1) is 0 Å². The minimum Gasteiger partial charge on any atom is -0.369 e. The number of rotatable bonds is 1. The number of halogens is 2. The summed E-state index contributed by atoms with van der Waals surface area (Å²) < 4.78 is 26.3. The summed E-state index contributed by atoms with van der Waals surface area (Å²) in [6, 6.07) is 0. The van der Waals surface area contributed by atoms with Gasteiger partial charge in [0.25, 0.3) is 5.92 Å². The topological polar surface area (TPSA) is 3.24 Å². The smallest absolute Gasteiger partial charge is 0.267 e. The van der Waals surface area contributed by atoms with Gasteiger partial charge in [0, 0.05) is 18.2 Å². The Morgan fingerprint density at radius 2 is 2.17 bits per heavy atom. The highest BCUT2D eigenvalue weighted by molar-refractivity contribution is 4.95. The Labute approximate surface area is 72.1 Å². The van der Waals surface area contributed by atoms with Gasteiger partial charge in [-0.1, -0.05) is 13.5 Å². The average molecular weight is 175 g/mol. The second-order valence-corrected chi connectivity index (χ2v) is 3.61. The molecule has 1 aliphatic heterocycles. The zero-order chi connectivity index (χ0) is 9.35. The fourth-order valence-corrected chi connectivity index (χ4v) is 1.38. The Hall–Kier alpha value is -0.600. The van der Waals surface area contributed by atoms with Crippen LogP contribution in [0.25, 0.3) is 0 Å². The second kappa shape index (κ2) is 3.04. The van der Waals surface area contributed by atoms with Crippen LogP contribution in [-0.4, -0.2) is 23.9 Å². The van der Waals surface area contributed by atoms with E-state index in [1.54, 1.807) is 18.7 Å². The number of allylic oxidation sites excluding steroid dienone is 1. The van der Waals surface area contributed by atoms with E-state index in [2.05, 4.69) is 6.58 Å². The summed E-state index contributed by atoms with van der Waals surface area (Å²) in [5, 5.41) is 0. The van der Waals surface area contributed by atoms with Crippen LogP contribution in [0.1, 0.15) is 20.3 Å². The first-order chi connectivity index (χ1) is 5.43. The van der Waals surface area contributed by atoms with Crippen LogP contribution in [0.15, 0.2) is 12.3 Å². The Bertz CT molecular complexity index is 189. The minimum absolute atomic E-state index is 0.163. The summed E-state index contributed by atoms with van der Waals surface area (Å²) in [4.78, 5) is 1.65. The van der Waals surface area contributed by atoms with Gasteiger partial charge >= 0.3 is 0 Å². The highest BCUT2D eigenvalue weighted by atomic mass is 19.3. The maximum atomic E-state index is 13.1. The molecule has 1 nitrogen and oxygen atoms in total.